The molecule has 0 radical (unpaired) electrons. The topological polar surface area (TPSA) is 25.4 Å². The van der Waals surface area contributed by atoms with Crippen molar-refractivity contribution >= 4 is 15.9 Å². The second-order valence-electron chi connectivity index (χ2n) is 4.50. The van der Waals surface area contributed by atoms with E-state index < -0.39 is 0 Å². The summed E-state index contributed by atoms with van der Waals surface area (Å²) in [6.07, 6.45) is 5.82. The number of aromatic nitrogens is 1. The van der Waals surface area contributed by atoms with Crippen LogP contribution in [0.4, 0.5) is 0 Å². The van der Waals surface area contributed by atoms with Gasteiger partial charge in [-0.15, -0.1) is 0 Å². The molecule has 0 bridgehead atoms. The summed E-state index contributed by atoms with van der Waals surface area (Å²) in [5, 5.41) is 0. The Kier molecular flexibility index (Phi) is 4.80. The van der Waals surface area contributed by atoms with Crippen molar-refractivity contribution in [3.63, 3.8) is 0 Å². The van der Waals surface area contributed by atoms with E-state index in [1.807, 2.05) is 13.0 Å². The molecule has 0 N–H and O–H groups in total. The van der Waals surface area contributed by atoms with Gasteiger partial charge in [-0.05, 0) is 60.4 Å². The van der Waals surface area contributed by atoms with Crippen LogP contribution in [0.1, 0.15) is 24.8 Å². The SMILES string of the molecule is Cc1ccnc(OCCN2CCCCC2)c1Br. The molecule has 0 aliphatic carbocycles. The predicted molar refractivity (Wildman–Crippen MR) is 72.5 cm³/mol. The first-order valence-electron chi connectivity index (χ1n) is 6.23. The molecule has 2 rings (SSSR count). The Hall–Kier alpha value is -0.610. The first-order valence-corrected chi connectivity index (χ1v) is 7.03. The van der Waals surface area contributed by atoms with E-state index in [1.165, 1.54) is 32.4 Å². The number of nitrogens with zero attached hydrogens (tertiary/aromatic N) is 2. The summed E-state index contributed by atoms with van der Waals surface area (Å²) in [4.78, 5) is 6.70. The lowest BCUT2D eigenvalue weighted by atomic mass is 10.1. The third-order valence-electron chi connectivity index (χ3n) is 3.15. The normalized spacial score (nSPS) is 17.1. The van der Waals surface area contributed by atoms with E-state index in [-0.39, 0.29) is 0 Å². The van der Waals surface area contributed by atoms with Crippen molar-refractivity contribution in [1.29, 1.82) is 0 Å². The Labute approximate surface area is 111 Å². The van der Waals surface area contributed by atoms with Crippen LogP contribution < -0.4 is 4.74 Å². The first-order chi connectivity index (χ1) is 8.27. The fourth-order valence-corrected chi connectivity index (χ4v) is 2.42. The standard InChI is InChI=1S/C13H19BrN2O/c1-11-5-6-15-13(12(11)14)17-10-9-16-7-3-2-4-8-16/h5-6H,2-4,7-10H2,1H3. The van der Waals surface area contributed by atoms with Crippen molar-refractivity contribution in [2.24, 2.45) is 0 Å². The number of hydrogen-bond acceptors (Lipinski definition) is 3. The highest BCUT2D eigenvalue weighted by atomic mass is 79.9. The van der Waals surface area contributed by atoms with E-state index in [9.17, 15) is 0 Å². The Morgan fingerprint density at radius 1 is 1.35 bits per heavy atom. The molecule has 1 fully saturated rings. The molecule has 2 heterocycles. The smallest absolute Gasteiger partial charge is 0.228 e. The number of pyridine rings is 1. The molecule has 1 aromatic heterocycles. The molecule has 94 valence electrons. The summed E-state index contributed by atoms with van der Waals surface area (Å²) >= 11 is 3.51. The highest BCUT2D eigenvalue weighted by molar-refractivity contribution is 9.10. The van der Waals surface area contributed by atoms with Crippen LogP contribution in [0.15, 0.2) is 16.7 Å². The van der Waals surface area contributed by atoms with Gasteiger partial charge in [-0.25, -0.2) is 4.98 Å². The number of ether oxygens (including phenoxy) is 1. The molecule has 1 aromatic rings. The van der Waals surface area contributed by atoms with Crippen LogP contribution in [0, 0.1) is 6.92 Å². The number of rotatable bonds is 4. The van der Waals surface area contributed by atoms with Gasteiger partial charge in [-0.2, -0.15) is 0 Å². The largest absolute Gasteiger partial charge is 0.475 e. The molecule has 17 heavy (non-hydrogen) atoms. The lowest BCUT2D eigenvalue weighted by Gasteiger charge is -2.26. The quantitative estimate of drug-likeness (QED) is 0.854. The Morgan fingerprint density at radius 2 is 2.12 bits per heavy atom. The van der Waals surface area contributed by atoms with E-state index in [2.05, 4.69) is 25.8 Å². The van der Waals surface area contributed by atoms with Crippen LogP contribution in [-0.4, -0.2) is 36.1 Å². The third-order valence-corrected chi connectivity index (χ3v) is 4.11. The van der Waals surface area contributed by atoms with Crippen molar-refractivity contribution in [3.05, 3.63) is 22.3 Å². The lowest BCUT2D eigenvalue weighted by molar-refractivity contribution is 0.180. The highest BCUT2D eigenvalue weighted by Crippen LogP contribution is 2.25. The minimum absolute atomic E-state index is 0.710. The Bertz CT molecular complexity index is 364. The van der Waals surface area contributed by atoms with E-state index >= 15 is 0 Å². The van der Waals surface area contributed by atoms with Crippen LogP contribution in [-0.2, 0) is 0 Å². The van der Waals surface area contributed by atoms with Crippen molar-refractivity contribution in [2.45, 2.75) is 26.2 Å². The molecular formula is C13H19BrN2O. The second kappa shape index (κ2) is 6.36. The average molecular weight is 299 g/mol. The van der Waals surface area contributed by atoms with E-state index in [1.54, 1.807) is 6.20 Å². The maximum absolute atomic E-state index is 5.72. The van der Waals surface area contributed by atoms with Gasteiger partial charge >= 0.3 is 0 Å². The van der Waals surface area contributed by atoms with Crippen LogP contribution in [0.25, 0.3) is 0 Å². The molecule has 3 nitrogen and oxygen atoms in total. The second-order valence-corrected chi connectivity index (χ2v) is 5.29. The van der Waals surface area contributed by atoms with Gasteiger partial charge in [0.15, 0.2) is 0 Å². The van der Waals surface area contributed by atoms with E-state index in [4.69, 9.17) is 4.74 Å². The number of hydrogen-bond donors (Lipinski definition) is 0. The summed E-state index contributed by atoms with van der Waals surface area (Å²) < 4.78 is 6.69. The van der Waals surface area contributed by atoms with Crippen LogP contribution in [0.3, 0.4) is 0 Å². The Balaban J connectivity index is 1.79. The molecule has 1 saturated heterocycles. The molecule has 0 unspecified atom stereocenters. The summed E-state index contributed by atoms with van der Waals surface area (Å²) in [6, 6.07) is 1.97. The van der Waals surface area contributed by atoms with Gasteiger partial charge in [-0.1, -0.05) is 6.42 Å². The first kappa shape index (κ1) is 12.8. The molecule has 0 aromatic carbocycles. The minimum Gasteiger partial charge on any atom is -0.475 e. The number of likely N-dealkylation sites (tertiary alicyclic amines) is 1. The summed E-state index contributed by atoms with van der Waals surface area (Å²) in [6.45, 7) is 6.19. The van der Waals surface area contributed by atoms with Gasteiger partial charge in [0.2, 0.25) is 5.88 Å². The third kappa shape index (κ3) is 3.68. The van der Waals surface area contributed by atoms with Gasteiger partial charge in [0.05, 0.1) is 4.47 Å². The van der Waals surface area contributed by atoms with E-state index in [0.29, 0.717) is 5.88 Å². The van der Waals surface area contributed by atoms with Crippen molar-refractivity contribution < 1.29 is 4.74 Å². The van der Waals surface area contributed by atoms with Gasteiger partial charge in [0, 0.05) is 12.7 Å². The molecule has 0 atom stereocenters. The number of aryl methyl sites for hydroxylation is 1. The van der Waals surface area contributed by atoms with Crippen LogP contribution in [0.5, 0.6) is 5.88 Å². The van der Waals surface area contributed by atoms with Crippen molar-refractivity contribution in [2.75, 3.05) is 26.2 Å². The maximum atomic E-state index is 5.72. The fourth-order valence-electron chi connectivity index (χ4n) is 2.07. The van der Waals surface area contributed by atoms with Crippen molar-refractivity contribution in [3.8, 4) is 5.88 Å². The monoisotopic (exact) mass is 298 g/mol. The van der Waals surface area contributed by atoms with E-state index in [0.717, 1.165) is 23.2 Å². The molecule has 1 aliphatic rings. The summed E-state index contributed by atoms with van der Waals surface area (Å²) in [7, 11) is 0. The highest BCUT2D eigenvalue weighted by Gasteiger charge is 2.10. The van der Waals surface area contributed by atoms with Gasteiger partial charge < -0.3 is 4.74 Å². The summed E-state index contributed by atoms with van der Waals surface area (Å²) in [5.74, 6) is 0.710. The lowest BCUT2D eigenvalue weighted by Crippen LogP contribution is -2.33. The summed E-state index contributed by atoms with van der Waals surface area (Å²) in [5.41, 5.74) is 1.16. The molecule has 4 heteroatoms. The molecule has 1 aliphatic heterocycles. The van der Waals surface area contributed by atoms with Gasteiger partial charge in [0.25, 0.3) is 0 Å². The number of halogens is 1. The molecule has 0 amide bonds. The molecule has 0 saturated carbocycles. The number of piperidine rings is 1. The van der Waals surface area contributed by atoms with Gasteiger partial charge in [0.1, 0.15) is 6.61 Å². The average Bonchev–Trinajstić information content (AvgIpc) is 2.36. The minimum atomic E-state index is 0.710. The van der Waals surface area contributed by atoms with Crippen molar-refractivity contribution in [1.82, 2.24) is 9.88 Å². The van der Waals surface area contributed by atoms with Gasteiger partial charge in [-0.3, -0.25) is 4.90 Å². The zero-order chi connectivity index (χ0) is 12.1. The zero-order valence-corrected chi connectivity index (χ0v) is 11.9. The maximum Gasteiger partial charge on any atom is 0.228 e. The van der Waals surface area contributed by atoms with Crippen LogP contribution in [0.2, 0.25) is 0 Å². The predicted octanol–water partition coefficient (Wildman–Crippen LogP) is 3.02. The Morgan fingerprint density at radius 3 is 2.88 bits per heavy atom. The van der Waals surface area contributed by atoms with Crippen LogP contribution >= 0.6 is 15.9 Å². The fraction of sp³-hybridized carbons (Fsp3) is 0.615. The zero-order valence-electron chi connectivity index (χ0n) is 10.3. The molecule has 0 spiro atoms. The molecular weight excluding hydrogens is 280 g/mol.